The van der Waals surface area contributed by atoms with Crippen LogP contribution in [0.1, 0.15) is 162 Å². The summed E-state index contributed by atoms with van der Waals surface area (Å²) >= 11 is 0. The summed E-state index contributed by atoms with van der Waals surface area (Å²) in [5, 5.41) is 54.1. The van der Waals surface area contributed by atoms with Crippen molar-refractivity contribution in [3.63, 3.8) is 0 Å². The normalized spacial score (nSPS) is 21.7. The number of hydrogen-bond acceptors (Lipinski definition) is 8. The summed E-state index contributed by atoms with van der Waals surface area (Å²) in [5.41, 5.74) is 0. The molecule has 0 aliphatic carbocycles. The summed E-state index contributed by atoms with van der Waals surface area (Å²) in [6.45, 7) is 3.59. The molecule has 58 heavy (non-hydrogen) atoms. The van der Waals surface area contributed by atoms with Gasteiger partial charge < -0.3 is 40.3 Å². The number of nitrogens with one attached hydrogen (secondary N) is 1. The minimum absolute atomic E-state index is 0.228. The lowest BCUT2D eigenvalue weighted by atomic mass is 9.99. The minimum atomic E-state index is -1.59. The fourth-order valence-corrected chi connectivity index (χ4v) is 6.53. The Kier molecular flexibility index (Phi) is 35.5. The van der Waals surface area contributed by atoms with Gasteiger partial charge in [0.25, 0.3) is 0 Å². The van der Waals surface area contributed by atoms with Crippen LogP contribution in [0.25, 0.3) is 0 Å². The lowest BCUT2D eigenvalue weighted by Crippen LogP contribution is -2.60. The van der Waals surface area contributed by atoms with Gasteiger partial charge in [-0.3, -0.25) is 4.79 Å². The third-order valence-electron chi connectivity index (χ3n) is 10.2. The Bertz CT molecular complexity index is 1180. The molecule has 1 amide bonds. The van der Waals surface area contributed by atoms with Gasteiger partial charge in [-0.1, -0.05) is 157 Å². The van der Waals surface area contributed by atoms with E-state index in [1.807, 2.05) is 6.08 Å². The Balaban J connectivity index is 2.44. The van der Waals surface area contributed by atoms with Crippen molar-refractivity contribution in [3.05, 3.63) is 85.1 Å². The van der Waals surface area contributed by atoms with Crippen molar-refractivity contribution in [2.24, 2.45) is 0 Å². The molecule has 332 valence electrons. The second-order valence-electron chi connectivity index (χ2n) is 15.4. The van der Waals surface area contributed by atoms with Gasteiger partial charge in [-0.15, -0.1) is 0 Å². The molecule has 9 heteroatoms. The molecule has 7 atom stereocenters. The smallest absolute Gasteiger partial charge is 0.220 e. The van der Waals surface area contributed by atoms with Gasteiger partial charge in [-0.25, -0.2) is 0 Å². The van der Waals surface area contributed by atoms with Gasteiger partial charge in [0, 0.05) is 6.42 Å². The Labute approximate surface area is 352 Å². The maximum Gasteiger partial charge on any atom is 0.220 e. The van der Waals surface area contributed by atoms with Crippen molar-refractivity contribution in [2.45, 2.75) is 204 Å². The molecule has 0 saturated carbocycles. The van der Waals surface area contributed by atoms with Crippen LogP contribution < -0.4 is 5.32 Å². The third-order valence-corrected chi connectivity index (χ3v) is 10.2. The molecule has 1 heterocycles. The fourth-order valence-electron chi connectivity index (χ4n) is 6.53. The molecule has 7 unspecified atom stereocenters. The van der Waals surface area contributed by atoms with E-state index in [-0.39, 0.29) is 18.9 Å². The van der Waals surface area contributed by atoms with Crippen LogP contribution >= 0.6 is 0 Å². The molecule has 1 aliphatic heterocycles. The topological polar surface area (TPSA) is 149 Å². The van der Waals surface area contributed by atoms with Crippen LogP contribution in [0.3, 0.4) is 0 Å². The molecular formula is C49H83NO8. The van der Waals surface area contributed by atoms with Crippen molar-refractivity contribution in [1.29, 1.82) is 0 Å². The first-order valence-electron chi connectivity index (χ1n) is 22.8. The number of unbranched alkanes of at least 4 members (excludes halogenated alkanes) is 14. The van der Waals surface area contributed by atoms with Gasteiger partial charge in [0.1, 0.15) is 24.4 Å². The first-order valence-corrected chi connectivity index (χ1v) is 22.8. The number of allylic oxidation sites excluding steroid dienone is 13. The Hall–Kier alpha value is -2.63. The Morgan fingerprint density at radius 3 is 1.66 bits per heavy atom. The SMILES string of the molecule is CC/C=C\C/C=C\C/C=C\C/C=C\CCCCC(=O)NC(COC1OC(CO)C(O)C(O)C1O)C(O)/C=C/CC/C=C/CC/C=C/CCCCCCCCCCCC. The molecule has 0 aromatic carbocycles. The standard InChI is InChI=1S/C49H83NO8/c1-3-5-7-9-11-13-15-17-19-20-21-22-23-25-26-28-30-32-34-36-38-43(52)42(41-57-49-48(56)47(55)46(54)44(40-51)58-49)50-45(53)39-37-35-33-31-29-27-24-18-16-14-12-10-8-6-4-2/h6,8,12,14,18,22-24,28-31,36,38,42-44,46-49,51-52,54-56H,3-5,7,9-11,13,15-17,19-21,25-27,32-35,37,39-41H2,1-2H3,(H,50,53)/b8-6-,14-12-,23-22+,24-18-,30-28+,31-29-,38-36+. The van der Waals surface area contributed by atoms with E-state index >= 15 is 0 Å². The average Bonchev–Trinajstić information content (AvgIpc) is 3.22. The van der Waals surface area contributed by atoms with E-state index in [4.69, 9.17) is 9.47 Å². The lowest BCUT2D eigenvalue weighted by molar-refractivity contribution is -0.302. The number of rotatable bonds is 36. The predicted molar refractivity (Wildman–Crippen MR) is 239 cm³/mol. The van der Waals surface area contributed by atoms with Crippen molar-refractivity contribution < 1.29 is 39.8 Å². The molecule has 1 rings (SSSR count). The van der Waals surface area contributed by atoms with Crippen LogP contribution in [0.4, 0.5) is 0 Å². The number of aliphatic hydroxyl groups excluding tert-OH is 5. The maximum absolute atomic E-state index is 12.9. The van der Waals surface area contributed by atoms with E-state index in [0.717, 1.165) is 64.2 Å². The predicted octanol–water partition coefficient (Wildman–Crippen LogP) is 9.55. The molecule has 0 radical (unpaired) electrons. The monoisotopic (exact) mass is 814 g/mol. The summed E-state index contributed by atoms with van der Waals surface area (Å²) in [4.78, 5) is 12.9. The zero-order valence-electron chi connectivity index (χ0n) is 36.3. The van der Waals surface area contributed by atoms with Crippen LogP contribution in [0, 0.1) is 0 Å². The number of hydrogen-bond donors (Lipinski definition) is 6. The van der Waals surface area contributed by atoms with E-state index < -0.39 is 49.5 Å². The molecule has 0 aromatic heterocycles. The summed E-state index contributed by atoms with van der Waals surface area (Å²) in [7, 11) is 0. The molecule has 9 nitrogen and oxygen atoms in total. The maximum atomic E-state index is 12.9. The van der Waals surface area contributed by atoms with Gasteiger partial charge in [0.2, 0.25) is 5.91 Å². The van der Waals surface area contributed by atoms with Crippen LogP contribution in [0.5, 0.6) is 0 Å². The number of carbonyl (C=O) groups excluding carboxylic acids is 1. The number of carbonyl (C=O) groups is 1. The number of ether oxygens (including phenoxy) is 2. The van der Waals surface area contributed by atoms with Crippen LogP contribution in [0.15, 0.2) is 85.1 Å². The first kappa shape index (κ1) is 53.4. The zero-order chi connectivity index (χ0) is 42.3. The highest BCUT2D eigenvalue weighted by atomic mass is 16.7. The first-order chi connectivity index (χ1) is 28.3. The van der Waals surface area contributed by atoms with E-state index in [9.17, 15) is 30.3 Å². The van der Waals surface area contributed by atoms with Crippen LogP contribution in [0.2, 0.25) is 0 Å². The average molecular weight is 814 g/mol. The van der Waals surface area contributed by atoms with E-state index in [1.54, 1.807) is 6.08 Å². The fraction of sp³-hybridized carbons (Fsp3) is 0.694. The van der Waals surface area contributed by atoms with Gasteiger partial charge >= 0.3 is 0 Å². The van der Waals surface area contributed by atoms with E-state index in [1.165, 1.54) is 64.2 Å². The Morgan fingerprint density at radius 2 is 1.09 bits per heavy atom. The zero-order valence-corrected chi connectivity index (χ0v) is 36.3. The van der Waals surface area contributed by atoms with Gasteiger partial charge in [0.15, 0.2) is 6.29 Å². The molecule has 1 saturated heterocycles. The Morgan fingerprint density at radius 1 is 0.603 bits per heavy atom. The third kappa shape index (κ3) is 28.7. The summed E-state index contributed by atoms with van der Waals surface area (Å²) in [6, 6.07) is -0.854. The summed E-state index contributed by atoms with van der Waals surface area (Å²) in [5.74, 6) is -0.236. The van der Waals surface area contributed by atoms with Crippen molar-refractivity contribution in [1.82, 2.24) is 5.32 Å². The van der Waals surface area contributed by atoms with E-state index in [2.05, 4.69) is 92.1 Å². The van der Waals surface area contributed by atoms with Gasteiger partial charge in [-0.2, -0.15) is 0 Å². The second-order valence-corrected chi connectivity index (χ2v) is 15.4. The van der Waals surface area contributed by atoms with Crippen molar-refractivity contribution in [3.8, 4) is 0 Å². The molecule has 0 aromatic rings. The van der Waals surface area contributed by atoms with Crippen molar-refractivity contribution in [2.75, 3.05) is 13.2 Å². The minimum Gasteiger partial charge on any atom is -0.394 e. The highest BCUT2D eigenvalue weighted by Gasteiger charge is 2.44. The molecule has 1 aliphatic rings. The van der Waals surface area contributed by atoms with Crippen LogP contribution in [-0.2, 0) is 14.3 Å². The quantitative estimate of drug-likeness (QED) is 0.0271. The van der Waals surface area contributed by atoms with Crippen molar-refractivity contribution >= 4 is 5.91 Å². The van der Waals surface area contributed by atoms with Crippen LogP contribution in [-0.4, -0.2) is 87.5 Å². The number of aliphatic hydroxyl groups is 5. The molecule has 6 N–H and O–H groups in total. The lowest BCUT2D eigenvalue weighted by Gasteiger charge is -2.40. The molecule has 0 bridgehead atoms. The highest BCUT2D eigenvalue weighted by molar-refractivity contribution is 5.76. The molecule has 0 spiro atoms. The highest BCUT2D eigenvalue weighted by Crippen LogP contribution is 2.22. The van der Waals surface area contributed by atoms with Gasteiger partial charge in [0.05, 0.1) is 25.4 Å². The molecular weight excluding hydrogens is 731 g/mol. The second kappa shape index (κ2) is 38.6. The summed E-state index contributed by atoms with van der Waals surface area (Å²) < 4.78 is 11.2. The van der Waals surface area contributed by atoms with E-state index in [0.29, 0.717) is 12.8 Å². The number of amides is 1. The van der Waals surface area contributed by atoms with Gasteiger partial charge in [-0.05, 0) is 83.5 Å². The largest absolute Gasteiger partial charge is 0.394 e. The summed E-state index contributed by atoms with van der Waals surface area (Å²) in [6.07, 6.45) is 46.3. The molecule has 1 fully saturated rings.